The molecule has 1 N–H and O–H groups in total. The maximum atomic E-state index is 12.1. The van der Waals surface area contributed by atoms with E-state index in [0.29, 0.717) is 5.69 Å². The van der Waals surface area contributed by atoms with Crippen LogP contribution in [-0.4, -0.2) is 13.4 Å². The summed E-state index contributed by atoms with van der Waals surface area (Å²) in [7, 11) is -3.50. The molecule has 0 spiro atoms. The fourth-order valence-electron chi connectivity index (χ4n) is 1.59. The molecule has 0 fully saturated rings. The van der Waals surface area contributed by atoms with Crippen LogP contribution in [-0.2, 0) is 10.0 Å². The first-order valence-electron chi connectivity index (χ1n) is 5.58. The highest BCUT2D eigenvalue weighted by Crippen LogP contribution is 2.14. The second-order valence-electron chi connectivity index (χ2n) is 3.91. The van der Waals surface area contributed by atoms with Crippen molar-refractivity contribution in [1.82, 2.24) is 9.71 Å². The number of hydrogen-bond acceptors (Lipinski definition) is 3. The van der Waals surface area contributed by atoms with Gasteiger partial charge in [0.25, 0.3) is 0 Å². The molecule has 94 valence electrons. The summed E-state index contributed by atoms with van der Waals surface area (Å²) < 4.78 is 26.8. The summed E-state index contributed by atoms with van der Waals surface area (Å²) in [5.74, 6) is 0. The third-order valence-corrected chi connectivity index (χ3v) is 4.07. The molecule has 2 aromatic rings. The van der Waals surface area contributed by atoms with Gasteiger partial charge in [-0.2, -0.15) is 0 Å². The Hall–Kier alpha value is -1.72. The molecular formula is C13H14N2O2S. The van der Waals surface area contributed by atoms with E-state index in [1.165, 1.54) is 0 Å². The monoisotopic (exact) mass is 262 g/mol. The molecule has 0 aliphatic rings. The topological polar surface area (TPSA) is 59.1 Å². The molecule has 0 aliphatic heterocycles. The number of nitrogens with one attached hydrogen (secondary N) is 1. The Labute approximate surface area is 107 Å². The highest BCUT2D eigenvalue weighted by Gasteiger charge is 2.18. The molecule has 1 aromatic carbocycles. The van der Waals surface area contributed by atoms with E-state index in [9.17, 15) is 8.42 Å². The SMILES string of the molecule is CC(NS(=O)(=O)c1ccccc1)c1ccccn1. The van der Waals surface area contributed by atoms with Crippen molar-refractivity contribution in [2.45, 2.75) is 17.9 Å². The summed E-state index contributed by atoms with van der Waals surface area (Å²) in [6.45, 7) is 1.77. The first-order valence-corrected chi connectivity index (χ1v) is 7.06. The minimum atomic E-state index is -3.50. The number of sulfonamides is 1. The van der Waals surface area contributed by atoms with Crippen molar-refractivity contribution in [3.05, 3.63) is 60.4 Å². The Balaban J connectivity index is 2.20. The fourth-order valence-corrected chi connectivity index (χ4v) is 2.83. The van der Waals surface area contributed by atoms with Gasteiger partial charge in [-0.1, -0.05) is 24.3 Å². The van der Waals surface area contributed by atoms with Crippen molar-refractivity contribution in [2.24, 2.45) is 0 Å². The van der Waals surface area contributed by atoms with E-state index in [-0.39, 0.29) is 10.9 Å². The predicted octanol–water partition coefficient (Wildman–Crippen LogP) is 2.12. The molecule has 5 heteroatoms. The summed E-state index contributed by atoms with van der Waals surface area (Å²) in [6.07, 6.45) is 1.64. The quantitative estimate of drug-likeness (QED) is 0.918. The van der Waals surface area contributed by atoms with Gasteiger partial charge in [0.15, 0.2) is 0 Å². The Morgan fingerprint density at radius 3 is 2.33 bits per heavy atom. The molecule has 0 radical (unpaired) electrons. The molecule has 1 atom stereocenters. The van der Waals surface area contributed by atoms with Gasteiger partial charge in [-0.15, -0.1) is 0 Å². The van der Waals surface area contributed by atoms with Gasteiger partial charge >= 0.3 is 0 Å². The molecule has 0 aliphatic carbocycles. The number of nitrogens with zero attached hydrogens (tertiary/aromatic N) is 1. The van der Waals surface area contributed by atoms with Crippen LogP contribution in [0.15, 0.2) is 59.6 Å². The predicted molar refractivity (Wildman–Crippen MR) is 69.4 cm³/mol. The zero-order valence-electron chi connectivity index (χ0n) is 9.95. The van der Waals surface area contributed by atoms with Gasteiger partial charge in [0, 0.05) is 6.20 Å². The van der Waals surface area contributed by atoms with Crippen LogP contribution in [0.3, 0.4) is 0 Å². The Kier molecular flexibility index (Phi) is 3.74. The molecule has 0 amide bonds. The lowest BCUT2D eigenvalue weighted by Gasteiger charge is -2.13. The fraction of sp³-hybridized carbons (Fsp3) is 0.154. The van der Waals surface area contributed by atoms with Crippen LogP contribution in [0, 0.1) is 0 Å². The number of pyridine rings is 1. The standard InChI is InChI=1S/C13H14N2O2S/c1-11(13-9-5-6-10-14-13)15-18(16,17)12-7-3-2-4-8-12/h2-11,15H,1H3. The lowest BCUT2D eigenvalue weighted by Crippen LogP contribution is -2.27. The highest BCUT2D eigenvalue weighted by molar-refractivity contribution is 7.89. The van der Waals surface area contributed by atoms with Gasteiger partial charge in [0.2, 0.25) is 10.0 Å². The van der Waals surface area contributed by atoms with Crippen LogP contribution in [0.25, 0.3) is 0 Å². The average Bonchev–Trinajstić information content (AvgIpc) is 2.40. The number of hydrogen-bond donors (Lipinski definition) is 1. The molecule has 1 unspecified atom stereocenters. The molecule has 0 bridgehead atoms. The first kappa shape index (κ1) is 12.7. The van der Waals surface area contributed by atoms with E-state index in [0.717, 1.165) is 0 Å². The molecule has 18 heavy (non-hydrogen) atoms. The summed E-state index contributed by atoms with van der Waals surface area (Å²) in [5.41, 5.74) is 0.692. The summed E-state index contributed by atoms with van der Waals surface area (Å²) in [4.78, 5) is 4.39. The zero-order valence-corrected chi connectivity index (χ0v) is 10.8. The van der Waals surface area contributed by atoms with Crippen molar-refractivity contribution in [1.29, 1.82) is 0 Å². The van der Waals surface area contributed by atoms with E-state index >= 15 is 0 Å². The third kappa shape index (κ3) is 2.94. The summed E-state index contributed by atoms with van der Waals surface area (Å²) in [5, 5.41) is 0. The van der Waals surface area contributed by atoms with Gasteiger partial charge < -0.3 is 0 Å². The smallest absolute Gasteiger partial charge is 0.241 e. The van der Waals surface area contributed by atoms with Gasteiger partial charge in [-0.25, -0.2) is 13.1 Å². The molecular weight excluding hydrogens is 248 g/mol. The Morgan fingerprint density at radius 1 is 1.06 bits per heavy atom. The largest absolute Gasteiger partial charge is 0.260 e. The Bertz CT molecular complexity index is 597. The lowest BCUT2D eigenvalue weighted by atomic mass is 10.2. The molecule has 4 nitrogen and oxygen atoms in total. The van der Waals surface area contributed by atoms with E-state index < -0.39 is 10.0 Å². The van der Waals surface area contributed by atoms with E-state index in [2.05, 4.69) is 9.71 Å². The summed E-state index contributed by atoms with van der Waals surface area (Å²) >= 11 is 0. The van der Waals surface area contributed by atoms with Gasteiger partial charge in [-0.3, -0.25) is 4.98 Å². The van der Waals surface area contributed by atoms with E-state index in [1.54, 1.807) is 55.6 Å². The molecule has 0 saturated carbocycles. The lowest BCUT2D eigenvalue weighted by molar-refractivity contribution is 0.564. The molecule has 1 aromatic heterocycles. The minimum Gasteiger partial charge on any atom is -0.260 e. The van der Waals surface area contributed by atoms with Gasteiger partial charge in [-0.05, 0) is 31.2 Å². The van der Waals surface area contributed by atoms with Crippen molar-refractivity contribution < 1.29 is 8.42 Å². The molecule has 1 heterocycles. The molecule has 0 saturated heterocycles. The highest BCUT2D eigenvalue weighted by atomic mass is 32.2. The van der Waals surface area contributed by atoms with Crippen molar-refractivity contribution in [3.63, 3.8) is 0 Å². The van der Waals surface area contributed by atoms with Crippen LogP contribution in [0.5, 0.6) is 0 Å². The van der Waals surface area contributed by atoms with E-state index in [1.807, 2.05) is 6.07 Å². The second-order valence-corrected chi connectivity index (χ2v) is 5.62. The second kappa shape index (κ2) is 5.29. The van der Waals surface area contributed by atoms with Crippen molar-refractivity contribution in [2.75, 3.05) is 0 Å². The van der Waals surface area contributed by atoms with Gasteiger partial charge in [0.1, 0.15) is 0 Å². The number of aromatic nitrogens is 1. The van der Waals surface area contributed by atoms with E-state index in [4.69, 9.17) is 0 Å². The third-order valence-electron chi connectivity index (χ3n) is 2.52. The molecule has 2 rings (SSSR count). The van der Waals surface area contributed by atoms with Crippen molar-refractivity contribution >= 4 is 10.0 Å². The zero-order chi connectivity index (χ0) is 13.0. The minimum absolute atomic E-state index is 0.257. The van der Waals surface area contributed by atoms with Crippen LogP contribution in [0.1, 0.15) is 18.7 Å². The van der Waals surface area contributed by atoms with Gasteiger partial charge in [0.05, 0.1) is 16.6 Å². The Morgan fingerprint density at radius 2 is 1.72 bits per heavy atom. The van der Waals surface area contributed by atoms with Crippen LogP contribution in [0.2, 0.25) is 0 Å². The first-order chi connectivity index (χ1) is 8.59. The van der Waals surface area contributed by atoms with Crippen molar-refractivity contribution in [3.8, 4) is 0 Å². The summed E-state index contributed by atoms with van der Waals surface area (Å²) in [6, 6.07) is 13.3. The number of benzene rings is 1. The maximum absolute atomic E-state index is 12.1. The maximum Gasteiger partial charge on any atom is 0.241 e. The normalized spacial score (nSPS) is 13.2. The van der Waals surface area contributed by atoms with Crippen LogP contribution >= 0.6 is 0 Å². The van der Waals surface area contributed by atoms with Crippen LogP contribution < -0.4 is 4.72 Å². The average molecular weight is 262 g/mol. The number of rotatable bonds is 4. The van der Waals surface area contributed by atoms with Crippen LogP contribution in [0.4, 0.5) is 0 Å².